The summed E-state index contributed by atoms with van der Waals surface area (Å²) < 4.78 is 0. The highest BCUT2D eigenvalue weighted by Gasteiger charge is 2.33. The highest BCUT2D eigenvalue weighted by molar-refractivity contribution is 6.28. The van der Waals surface area contributed by atoms with Crippen LogP contribution in [0.5, 0.6) is 0 Å². The number of ketones is 2. The Morgan fingerprint density at radius 3 is 2.30 bits per heavy atom. The van der Waals surface area contributed by atoms with Gasteiger partial charge >= 0.3 is 0 Å². The lowest BCUT2D eigenvalue weighted by atomic mass is 9.78. The molecule has 0 aliphatic heterocycles. The maximum Gasteiger partial charge on any atom is 0.282 e. The summed E-state index contributed by atoms with van der Waals surface area (Å²) in [5.74, 6) is 0.847. The monoisotopic (exact) mass is 405 g/mol. The van der Waals surface area contributed by atoms with Crippen molar-refractivity contribution in [1.29, 1.82) is 0 Å². The standard InChI is InChI=1S/C25H28N2O3/c1-14-7-6-10-22(15(14)2)26-16(3)25(30)27-17-11-12-20-21(13-17)24(29)19-9-5-4-8-18(19)23(20)28/h4-5,8-9,11-16,22,26H,6-7,10H2,1-3H3,(H,27,30)/p+1/t14-,15-,16+,22-/m1/s1. The summed E-state index contributed by atoms with van der Waals surface area (Å²) in [6, 6.07) is 12.1. The van der Waals surface area contributed by atoms with Crippen LogP contribution < -0.4 is 10.6 Å². The average Bonchev–Trinajstić information content (AvgIpc) is 2.75. The fourth-order valence-electron chi connectivity index (χ4n) is 4.79. The molecule has 4 rings (SSSR count). The van der Waals surface area contributed by atoms with Crippen LogP contribution in [0.4, 0.5) is 5.69 Å². The van der Waals surface area contributed by atoms with E-state index in [1.165, 1.54) is 12.8 Å². The SMILES string of the molecule is C[C@@H]1[C@H](C)CCC[C@H]1[NH2+][C@@H](C)C(=O)Nc1ccc2c(c1)C(=O)c1ccccc1C2=O. The predicted octanol–water partition coefficient (Wildman–Crippen LogP) is 3.18. The summed E-state index contributed by atoms with van der Waals surface area (Å²) in [5.41, 5.74) is 2.14. The number of benzene rings is 2. The van der Waals surface area contributed by atoms with Crippen LogP contribution in [0.3, 0.4) is 0 Å². The van der Waals surface area contributed by atoms with Crippen LogP contribution >= 0.6 is 0 Å². The van der Waals surface area contributed by atoms with Crippen LogP contribution in [0.2, 0.25) is 0 Å². The molecule has 2 aromatic carbocycles. The summed E-state index contributed by atoms with van der Waals surface area (Å²) in [6.45, 7) is 6.49. The lowest BCUT2D eigenvalue weighted by Crippen LogP contribution is -2.97. The fraction of sp³-hybridized carbons (Fsp3) is 0.400. The van der Waals surface area contributed by atoms with Gasteiger partial charge in [-0.25, -0.2) is 0 Å². The number of carbonyl (C=O) groups excluding carboxylic acids is 3. The predicted molar refractivity (Wildman–Crippen MR) is 116 cm³/mol. The van der Waals surface area contributed by atoms with Crippen LogP contribution in [-0.2, 0) is 4.79 Å². The molecule has 30 heavy (non-hydrogen) atoms. The van der Waals surface area contributed by atoms with Crippen molar-refractivity contribution in [2.75, 3.05) is 5.32 Å². The number of amides is 1. The molecule has 0 aromatic heterocycles. The first-order valence-electron chi connectivity index (χ1n) is 10.8. The smallest absolute Gasteiger partial charge is 0.282 e. The molecule has 0 radical (unpaired) electrons. The van der Waals surface area contributed by atoms with E-state index in [4.69, 9.17) is 0 Å². The Labute approximate surface area is 177 Å². The van der Waals surface area contributed by atoms with Crippen LogP contribution in [-0.4, -0.2) is 29.6 Å². The van der Waals surface area contributed by atoms with Gasteiger partial charge in [0, 0.05) is 33.9 Å². The first-order chi connectivity index (χ1) is 14.4. The van der Waals surface area contributed by atoms with Gasteiger partial charge in [-0.3, -0.25) is 14.4 Å². The highest BCUT2D eigenvalue weighted by Crippen LogP contribution is 2.29. The third-order valence-corrected chi connectivity index (χ3v) is 6.91. The van der Waals surface area contributed by atoms with E-state index in [1.807, 2.05) is 6.92 Å². The molecule has 5 nitrogen and oxygen atoms in total. The van der Waals surface area contributed by atoms with E-state index in [1.54, 1.807) is 42.5 Å². The molecule has 1 fully saturated rings. The van der Waals surface area contributed by atoms with Gasteiger partial charge in [0.2, 0.25) is 0 Å². The minimum Gasteiger partial charge on any atom is -0.334 e. The van der Waals surface area contributed by atoms with Crippen molar-refractivity contribution in [2.45, 2.75) is 52.1 Å². The third kappa shape index (κ3) is 3.70. The maximum atomic E-state index is 12.9. The Hall–Kier alpha value is -2.79. The highest BCUT2D eigenvalue weighted by atomic mass is 16.2. The summed E-state index contributed by atoms with van der Waals surface area (Å²) in [4.78, 5) is 38.4. The second-order valence-corrected chi connectivity index (χ2v) is 8.87. The molecule has 0 unspecified atom stereocenters. The lowest BCUT2D eigenvalue weighted by molar-refractivity contribution is -0.715. The quantitative estimate of drug-likeness (QED) is 0.700. The molecule has 0 saturated heterocycles. The number of nitrogens with two attached hydrogens (primary N) is 1. The van der Waals surface area contributed by atoms with Gasteiger partial charge in [-0.1, -0.05) is 38.1 Å². The van der Waals surface area contributed by atoms with E-state index in [2.05, 4.69) is 24.5 Å². The maximum absolute atomic E-state index is 12.9. The largest absolute Gasteiger partial charge is 0.334 e. The van der Waals surface area contributed by atoms with Gasteiger partial charge < -0.3 is 10.6 Å². The van der Waals surface area contributed by atoms with Crippen LogP contribution in [0.15, 0.2) is 42.5 Å². The van der Waals surface area contributed by atoms with E-state index in [0.29, 0.717) is 45.8 Å². The Kier molecular flexibility index (Phi) is 5.56. The molecule has 1 amide bonds. The molecule has 0 bridgehead atoms. The van der Waals surface area contributed by atoms with Crippen molar-refractivity contribution >= 4 is 23.2 Å². The van der Waals surface area contributed by atoms with E-state index >= 15 is 0 Å². The second kappa shape index (κ2) is 8.15. The molecule has 2 aliphatic carbocycles. The van der Waals surface area contributed by atoms with Gasteiger partial charge in [0.25, 0.3) is 5.91 Å². The third-order valence-electron chi connectivity index (χ3n) is 6.91. The van der Waals surface area contributed by atoms with Gasteiger partial charge in [0.15, 0.2) is 17.6 Å². The molecular formula is C25H29N2O3+. The second-order valence-electron chi connectivity index (χ2n) is 8.87. The van der Waals surface area contributed by atoms with Crippen molar-refractivity contribution in [3.8, 4) is 0 Å². The molecule has 2 aliphatic rings. The van der Waals surface area contributed by atoms with Crippen molar-refractivity contribution < 1.29 is 19.7 Å². The van der Waals surface area contributed by atoms with Crippen molar-refractivity contribution in [1.82, 2.24) is 0 Å². The Bertz CT molecular complexity index is 1010. The normalized spacial score (nSPS) is 24.0. The first kappa shape index (κ1) is 20.5. The van der Waals surface area contributed by atoms with E-state index < -0.39 is 0 Å². The van der Waals surface area contributed by atoms with Gasteiger partial charge in [-0.2, -0.15) is 0 Å². The molecule has 3 N–H and O–H groups in total. The number of carbonyl (C=O) groups is 3. The summed E-state index contributed by atoms with van der Waals surface area (Å²) in [5, 5.41) is 5.11. The number of hydrogen-bond donors (Lipinski definition) is 2. The zero-order valence-corrected chi connectivity index (χ0v) is 17.8. The number of fused-ring (bicyclic) bond motifs is 2. The first-order valence-corrected chi connectivity index (χ1v) is 10.8. The Morgan fingerprint density at radius 1 is 0.967 bits per heavy atom. The average molecular weight is 406 g/mol. The number of anilines is 1. The number of nitrogens with one attached hydrogen (secondary N) is 1. The van der Waals surface area contributed by atoms with Crippen LogP contribution in [0, 0.1) is 11.8 Å². The molecule has 2 aromatic rings. The zero-order chi connectivity index (χ0) is 21.4. The Morgan fingerprint density at radius 2 is 1.60 bits per heavy atom. The van der Waals surface area contributed by atoms with E-state index in [0.717, 1.165) is 6.42 Å². The van der Waals surface area contributed by atoms with Crippen LogP contribution in [0.25, 0.3) is 0 Å². The summed E-state index contributed by atoms with van der Waals surface area (Å²) in [6.07, 6.45) is 3.61. The summed E-state index contributed by atoms with van der Waals surface area (Å²) in [7, 11) is 0. The number of hydrogen-bond acceptors (Lipinski definition) is 3. The minimum absolute atomic E-state index is 0.0876. The van der Waals surface area contributed by atoms with Crippen molar-refractivity contribution in [3.05, 3.63) is 64.7 Å². The molecule has 0 heterocycles. The zero-order valence-electron chi connectivity index (χ0n) is 17.8. The van der Waals surface area contributed by atoms with Gasteiger partial charge in [0.1, 0.15) is 0 Å². The van der Waals surface area contributed by atoms with E-state index in [9.17, 15) is 14.4 Å². The van der Waals surface area contributed by atoms with Crippen molar-refractivity contribution in [2.24, 2.45) is 11.8 Å². The Balaban J connectivity index is 1.49. The molecule has 0 spiro atoms. The molecular weight excluding hydrogens is 376 g/mol. The number of rotatable bonds is 4. The minimum atomic E-state index is -0.225. The molecule has 156 valence electrons. The van der Waals surface area contributed by atoms with Gasteiger partial charge in [-0.15, -0.1) is 0 Å². The molecule has 5 heteroatoms. The topological polar surface area (TPSA) is 79.8 Å². The fourth-order valence-corrected chi connectivity index (χ4v) is 4.79. The number of quaternary nitrogens is 1. The summed E-state index contributed by atoms with van der Waals surface area (Å²) >= 11 is 0. The van der Waals surface area contributed by atoms with E-state index in [-0.39, 0.29) is 23.5 Å². The van der Waals surface area contributed by atoms with Gasteiger partial charge in [0.05, 0.1) is 6.04 Å². The van der Waals surface area contributed by atoms with Gasteiger partial charge in [-0.05, 0) is 50.3 Å². The van der Waals surface area contributed by atoms with Crippen molar-refractivity contribution in [3.63, 3.8) is 0 Å². The van der Waals surface area contributed by atoms with Crippen LogP contribution in [0.1, 0.15) is 71.9 Å². The lowest BCUT2D eigenvalue weighted by Gasteiger charge is -2.33. The molecule has 1 saturated carbocycles. The molecule has 4 atom stereocenters.